The van der Waals surface area contributed by atoms with Crippen LogP contribution >= 0.6 is 0 Å². The summed E-state index contributed by atoms with van der Waals surface area (Å²) < 4.78 is 18.6. The van der Waals surface area contributed by atoms with Gasteiger partial charge in [0.1, 0.15) is 5.76 Å². The third kappa shape index (κ3) is 4.56. The highest BCUT2D eigenvalue weighted by Gasteiger charge is 2.31. The summed E-state index contributed by atoms with van der Waals surface area (Å²) in [6.07, 6.45) is 0.625. The van der Waals surface area contributed by atoms with Crippen molar-refractivity contribution in [1.29, 1.82) is 0 Å². The maximum absolute atomic E-state index is 13.2. The van der Waals surface area contributed by atoms with Crippen molar-refractivity contribution in [3.8, 4) is 0 Å². The summed E-state index contributed by atoms with van der Waals surface area (Å²) in [5.41, 5.74) is 2.78. The molecule has 1 aliphatic rings. The van der Waals surface area contributed by atoms with E-state index in [0.717, 1.165) is 17.1 Å². The number of carbonyl (C=O) groups excluding carboxylic acids is 2. The number of hydrogen-bond acceptors (Lipinski definition) is 5. The summed E-state index contributed by atoms with van der Waals surface area (Å²) in [6, 6.07) is 14.7. The van der Waals surface area contributed by atoms with Gasteiger partial charge in [-0.2, -0.15) is 0 Å². The van der Waals surface area contributed by atoms with Gasteiger partial charge in [-0.25, -0.2) is 4.79 Å². The second kappa shape index (κ2) is 9.22. The lowest BCUT2D eigenvalue weighted by Gasteiger charge is -2.30. The van der Waals surface area contributed by atoms with Crippen LogP contribution in [0.15, 0.2) is 59.2 Å². The first kappa shape index (κ1) is 20.9. The van der Waals surface area contributed by atoms with Gasteiger partial charge in [0.25, 0.3) is 5.91 Å². The number of nitrogens with zero attached hydrogens (tertiary/aromatic N) is 2. The minimum Gasteiger partial charge on any atom is -0.467 e. The Kier molecular flexibility index (Phi) is 6.23. The van der Waals surface area contributed by atoms with E-state index < -0.39 is 12.1 Å². The maximum atomic E-state index is 13.2. The second-order valence-corrected chi connectivity index (χ2v) is 7.58. The van der Waals surface area contributed by atoms with Crippen LogP contribution in [-0.4, -0.2) is 47.6 Å². The van der Waals surface area contributed by atoms with Gasteiger partial charge in [0.2, 0.25) is 6.10 Å². The Bertz CT molecular complexity index is 1030. The van der Waals surface area contributed by atoms with Crippen molar-refractivity contribution in [1.82, 2.24) is 9.47 Å². The maximum Gasteiger partial charge on any atom is 0.341 e. The van der Waals surface area contributed by atoms with Crippen LogP contribution in [0.1, 0.15) is 39.2 Å². The highest BCUT2D eigenvalue weighted by molar-refractivity contribution is 5.94. The van der Waals surface area contributed by atoms with Crippen LogP contribution in [0.2, 0.25) is 0 Å². The number of benzene rings is 1. The molecule has 0 bridgehead atoms. The molecule has 0 aliphatic carbocycles. The number of aromatic nitrogens is 1. The van der Waals surface area contributed by atoms with E-state index in [-0.39, 0.29) is 5.91 Å². The molecule has 0 spiro atoms. The minimum atomic E-state index is -1.00. The van der Waals surface area contributed by atoms with E-state index in [0.29, 0.717) is 44.0 Å². The SMILES string of the molecule is Cc1cc(C(=O)O[C@@H](C(=O)N2CCOCC2)c2ccccc2)c(C)n1Cc1ccco1. The van der Waals surface area contributed by atoms with Crippen LogP contribution in [0.3, 0.4) is 0 Å². The molecule has 1 saturated heterocycles. The summed E-state index contributed by atoms with van der Waals surface area (Å²) in [4.78, 5) is 28.0. The molecule has 2 aromatic heterocycles. The fraction of sp³-hybridized carbons (Fsp3) is 0.333. The summed E-state index contributed by atoms with van der Waals surface area (Å²) in [5.74, 6) is 0.0490. The van der Waals surface area contributed by atoms with Crippen molar-refractivity contribution < 1.29 is 23.5 Å². The van der Waals surface area contributed by atoms with Crippen LogP contribution in [0.5, 0.6) is 0 Å². The number of rotatable bonds is 6. The monoisotopic (exact) mass is 422 g/mol. The Hall–Kier alpha value is -3.32. The molecule has 1 fully saturated rings. The normalized spacial score (nSPS) is 15.0. The molecule has 7 nitrogen and oxygen atoms in total. The molecule has 0 saturated carbocycles. The third-order valence-corrected chi connectivity index (χ3v) is 5.56. The van der Waals surface area contributed by atoms with Gasteiger partial charge < -0.3 is 23.4 Å². The molecular formula is C24H26N2O5. The molecule has 31 heavy (non-hydrogen) atoms. The van der Waals surface area contributed by atoms with Crippen LogP contribution in [0, 0.1) is 13.8 Å². The van der Waals surface area contributed by atoms with Gasteiger partial charge in [0.15, 0.2) is 0 Å². The molecule has 0 unspecified atom stereocenters. The number of carbonyl (C=O) groups is 2. The van der Waals surface area contributed by atoms with E-state index in [9.17, 15) is 9.59 Å². The van der Waals surface area contributed by atoms with Crippen molar-refractivity contribution in [3.05, 3.63) is 83.1 Å². The molecule has 1 aromatic carbocycles. The van der Waals surface area contributed by atoms with Crippen molar-refractivity contribution in [2.24, 2.45) is 0 Å². The van der Waals surface area contributed by atoms with Crippen molar-refractivity contribution >= 4 is 11.9 Å². The first-order valence-corrected chi connectivity index (χ1v) is 10.4. The van der Waals surface area contributed by atoms with E-state index in [1.54, 1.807) is 29.4 Å². The number of furan rings is 1. The van der Waals surface area contributed by atoms with Crippen molar-refractivity contribution in [3.63, 3.8) is 0 Å². The smallest absolute Gasteiger partial charge is 0.341 e. The fourth-order valence-electron chi connectivity index (χ4n) is 3.82. The molecular weight excluding hydrogens is 396 g/mol. The molecule has 1 aliphatic heterocycles. The van der Waals surface area contributed by atoms with Crippen LogP contribution < -0.4 is 0 Å². The van der Waals surface area contributed by atoms with Gasteiger partial charge in [-0.1, -0.05) is 30.3 Å². The topological polar surface area (TPSA) is 73.9 Å². The van der Waals surface area contributed by atoms with Gasteiger partial charge in [-0.05, 0) is 32.0 Å². The van der Waals surface area contributed by atoms with Crippen molar-refractivity contribution in [2.45, 2.75) is 26.5 Å². The summed E-state index contributed by atoms with van der Waals surface area (Å²) in [7, 11) is 0. The number of hydrogen-bond donors (Lipinski definition) is 0. The van der Waals surface area contributed by atoms with Crippen LogP contribution in [0.4, 0.5) is 0 Å². The Morgan fingerprint density at radius 1 is 1.06 bits per heavy atom. The van der Waals surface area contributed by atoms with Crippen LogP contribution in [0.25, 0.3) is 0 Å². The van der Waals surface area contributed by atoms with E-state index in [4.69, 9.17) is 13.9 Å². The van der Waals surface area contributed by atoms with E-state index in [2.05, 4.69) is 0 Å². The Labute approximate surface area is 181 Å². The lowest BCUT2D eigenvalue weighted by atomic mass is 10.1. The van der Waals surface area contributed by atoms with Gasteiger partial charge >= 0.3 is 5.97 Å². The van der Waals surface area contributed by atoms with Gasteiger partial charge in [-0.15, -0.1) is 0 Å². The summed E-state index contributed by atoms with van der Waals surface area (Å²) >= 11 is 0. The quantitative estimate of drug-likeness (QED) is 0.569. The third-order valence-electron chi connectivity index (χ3n) is 5.56. The van der Waals surface area contributed by atoms with Gasteiger partial charge in [0.05, 0.1) is 31.6 Å². The molecule has 4 rings (SSSR count). The molecule has 7 heteroatoms. The average Bonchev–Trinajstić information content (AvgIpc) is 3.42. The summed E-state index contributed by atoms with van der Waals surface area (Å²) in [6.45, 7) is 6.25. The van der Waals surface area contributed by atoms with E-state index in [1.807, 2.05) is 48.7 Å². The van der Waals surface area contributed by atoms with E-state index >= 15 is 0 Å². The first-order chi connectivity index (χ1) is 15.0. The van der Waals surface area contributed by atoms with Gasteiger partial charge in [-0.3, -0.25) is 4.79 Å². The molecule has 1 amide bonds. The number of morpholine rings is 1. The summed E-state index contributed by atoms with van der Waals surface area (Å²) in [5, 5.41) is 0. The lowest BCUT2D eigenvalue weighted by molar-refractivity contribution is -0.145. The predicted molar refractivity (Wildman–Crippen MR) is 114 cm³/mol. The molecule has 0 N–H and O–H groups in total. The Morgan fingerprint density at radius 3 is 2.48 bits per heavy atom. The standard InChI is InChI=1S/C24H26N2O5/c1-17-15-21(18(2)26(17)16-20-9-6-12-30-20)24(28)31-22(19-7-4-3-5-8-19)23(27)25-10-13-29-14-11-25/h3-9,12,15,22H,10-11,13-14,16H2,1-2H3/t22-/m1/s1. The molecule has 3 heterocycles. The van der Waals surface area contributed by atoms with Crippen molar-refractivity contribution in [2.75, 3.05) is 26.3 Å². The zero-order valence-electron chi connectivity index (χ0n) is 17.7. The Morgan fingerprint density at radius 2 is 1.81 bits per heavy atom. The molecule has 3 aromatic rings. The zero-order chi connectivity index (χ0) is 21.8. The fourth-order valence-corrected chi connectivity index (χ4v) is 3.82. The Balaban J connectivity index is 1.58. The minimum absolute atomic E-state index is 0.229. The number of aryl methyl sites for hydroxylation is 1. The predicted octanol–water partition coefficient (Wildman–Crippen LogP) is 3.50. The number of amides is 1. The van der Waals surface area contributed by atoms with Gasteiger partial charge in [0, 0.05) is 30.0 Å². The van der Waals surface area contributed by atoms with E-state index in [1.165, 1.54) is 0 Å². The largest absolute Gasteiger partial charge is 0.467 e. The molecule has 1 atom stereocenters. The average molecular weight is 422 g/mol. The number of esters is 1. The number of ether oxygens (including phenoxy) is 2. The molecule has 0 radical (unpaired) electrons. The highest BCUT2D eigenvalue weighted by Crippen LogP contribution is 2.25. The second-order valence-electron chi connectivity index (χ2n) is 7.58. The zero-order valence-corrected chi connectivity index (χ0v) is 17.7. The first-order valence-electron chi connectivity index (χ1n) is 10.4. The molecule has 162 valence electrons. The highest BCUT2D eigenvalue weighted by atomic mass is 16.5. The van der Waals surface area contributed by atoms with Crippen LogP contribution in [-0.2, 0) is 20.8 Å². The lowest BCUT2D eigenvalue weighted by Crippen LogP contribution is -2.44.